The van der Waals surface area contributed by atoms with Crippen molar-refractivity contribution in [1.82, 2.24) is 9.97 Å². The van der Waals surface area contributed by atoms with Crippen molar-refractivity contribution in [2.45, 2.75) is 20.3 Å². The van der Waals surface area contributed by atoms with Crippen LogP contribution >= 0.6 is 0 Å². The Kier molecular flexibility index (Phi) is 2.95. The summed E-state index contributed by atoms with van der Waals surface area (Å²) in [6, 6.07) is 6.67. The molecule has 1 aromatic carbocycles. The molecule has 1 aromatic heterocycles. The number of aryl methyl sites for hydroxylation is 1. The molecule has 0 bridgehead atoms. The van der Waals surface area contributed by atoms with Crippen molar-refractivity contribution < 1.29 is 5.11 Å². The van der Waals surface area contributed by atoms with Gasteiger partial charge in [-0.05, 0) is 25.5 Å². The van der Waals surface area contributed by atoms with E-state index in [-0.39, 0.29) is 11.3 Å². The third-order valence-corrected chi connectivity index (χ3v) is 2.71. The Bertz CT molecular complexity index is 603. The van der Waals surface area contributed by atoms with E-state index in [9.17, 15) is 9.90 Å². The molecular formula is C13H14N2O2. The molecule has 88 valence electrons. The molecule has 4 nitrogen and oxygen atoms in total. The number of phenols is 1. The van der Waals surface area contributed by atoms with Crippen molar-refractivity contribution >= 4 is 0 Å². The van der Waals surface area contributed by atoms with Gasteiger partial charge in [0.05, 0.1) is 5.69 Å². The minimum absolute atomic E-state index is 0.129. The van der Waals surface area contributed by atoms with Crippen LogP contribution in [0.5, 0.6) is 5.75 Å². The number of benzene rings is 1. The highest BCUT2D eigenvalue weighted by molar-refractivity contribution is 5.57. The van der Waals surface area contributed by atoms with E-state index in [2.05, 4.69) is 9.97 Å². The van der Waals surface area contributed by atoms with Crippen LogP contribution in [0, 0.1) is 6.92 Å². The number of hydrogen-bond donors (Lipinski definition) is 2. The molecule has 2 N–H and O–H groups in total. The van der Waals surface area contributed by atoms with E-state index < -0.39 is 0 Å². The van der Waals surface area contributed by atoms with Crippen molar-refractivity contribution in [2.75, 3.05) is 0 Å². The fourth-order valence-corrected chi connectivity index (χ4v) is 1.71. The summed E-state index contributed by atoms with van der Waals surface area (Å²) in [6.45, 7) is 3.72. The molecule has 0 fully saturated rings. The van der Waals surface area contributed by atoms with Gasteiger partial charge in [-0.3, -0.25) is 4.79 Å². The van der Waals surface area contributed by atoms with Crippen LogP contribution in [0.1, 0.15) is 18.2 Å². The molecule has 0 aliphatic carbocycles. The lowest BCUT2D eigenvalue weighted by Gasteiger charge is -2.06. The smallest absolute Gasteiger partial charge is 0.254 e. The van der Waals surface area contributed by atoms with Gasteiger partial charge in [-0.15, -0.1) is 0 Å². The molecular weight excluding hydrogens is 216 g/mol. The normalized spacial score (nSPS) is 10.5. The number of rotatable bonds is 2. The zero-order chi connectivity index (χ0) is 12.4. The SMILES string of the molecule is CCc1nc(-c2cccc(O)c2)[nH]c(=O)c1C. The lowest BCUT2D eigenvalue weighted by Crippen LogP contribution is -2.15. The van der Waals surface area contributed by atoms with E-state index in [1.165, 1.54) is 0 Å². The molecule has 0 atom stereocenters. The summed E-state index contributed by atoms with van der Waals surface area (Å²) in [7, 11) is 0. The fraction of sp³-hybridized carbons (Fsp3) is 0.231. The Balaban J connectivity index is 2.61. The highest BCUT2D eigenvalue weighted by Gasteiger charge is 2.07. The average molecular weight is 230 g/mol. The van der Waals surface area contributed by atoms with E-state index in [0.29, 0.717) is 23.4 Å². The standard InChI is InChI=1S/C13H14N2O2/c1-3-11-8(2)13(17)15-12(14-11)9-5-4-6-10(16)7-9/h4-7,16H,3H2,1-2H3,(H,14,15,17). The van der Waals surface area contributed by atoms with Crippen LogP contribution in [-0.2, 0) is 6.42 Å². The first-order chi connectivity index (χ1) is 8.11. The van der Waals surface area contributed by atoms with Crippen LogP contribution in [0.2, 0.25) is 0 Å². The van der Waals surface area contributed by atoms with Gasteiger partial charge < -0.3 is 10.1 Å². The van der Waals surface area contributed by atoms with E-state index in [4.69, 9.17) is 0 Å². The molecule has 0 aliphatic rings. The second-order valence-electron chi connectivity index (χ2n) is 3.89. The summed E-state index contributed by atoms with van der Waals surface area (Å²) >= 11 is 0. The fourth-order valence-electron chi connectivity index (χ4n) is 1.71. The maximum Gasteiger partial charge on any atom is 0.254 e. The van der Waals surface area contributed by atoms with E-state index in [1.54, 1.807) is 31.2 Å². The largest absolute Gasteiger partial charge is 0.508 e. The van der Waals surface area contributed by atoms with Crippen molar-refractivity contribution in [3.8, 4) is 17.1 Å². The summed E-state index contributed by atoms with van der Waals surface area (Å²) in [5.74, 6) is 0.650. The van der Waals surface area contributed by atoms with E-state index in [0.717, 1.165) is 5.69 Å². The highest BCUT2D eigenvalue weighted by atomic mass is 16.3. The Labute approximate surface area is 99.0 Å². The zero-order valence-electron chi connectivity index (χ0n) is 9.82. The van der Waals surface area contributed by atoms with Crippen molar-refractivity contribution in [2.24, 2.45) is 0 Å². The first-order valence-corrected chi connectivity index (χ1v) is 5.51. The number of nitrogens with zero attached hydrogens (tertiary/aromatic N) is 1. The molecule has 0 saturated carbocycles. The Morgan fingerprint density at radius 1 is 1.41 bits per heavy atom. The molecule has 4 heteroatoms. The molecule has 2 aromatic rings. The third-order valence-electron chi connectivity index (χ3n) is 2.71. The van der Waals surface area contributed by atoms with Crippen molar-refractivity contribution in [3.05, 3.63) is 45.9 Å². The number of aromatic amines is 1. The molecule has 0 radical (unpaired) electrons. The second-order valence-corrected chi connectivity index (χ2v) is 3.89. The van der Waals surface area contributed by atoms with Gasteiger partial charge in [-0.2, -0.15) is 0 Å². The highest BCUT2D eigenvalue weighted by Crippen LogP contribution is 2.19. The first kappa shape index (κ1) is 11.4. The first-order valence-electron chi connectivity index (χ1n) is 5.51. The molecule has 0 amide bonds. The molecule has 1 heterocycles. The number of nitrogens with one attached hydrogen (secondary N) is 1. The maximum atomic E-state index is 11.7. The van der Waals surface area contributed by atoms with E-state index >= 15 is 0 Å². The van der Waals surface area contributed by atoms with Crippen LogP contribution in [0.3, 0.4) is 0 Å². The molecule has 0 aliphatic heterocycles. The maximum absolute atomic E-state index is 11.7. The summed E-state index contributed by atoms with van der Waals surface area (Å²) < 4.78 is 0. The quantitative estimate of drug-likeness (QED) is 0.829. The van der Waals surface area contributed by atoms with Gasteiger partial charge >= 0.3 is 0 Å². The molecule has 2 rings (SSSR count). The van der Waals surface area contributed by atoms with Gasteiger partial charge in [0.2, 0.25) is 0 Å². The van der Waals surface area contributed by atoms with Gasteiger partial charge in [0, 0.05) is 11.1 Å². The predicted octanol–water partition coefficient (Wildman–Crippen LogP) is 2.01. The zero-order valence-corrected chi connectivity index (χ0v) is 9.82. The number of hydrogen-bond acceptors (Lipinski definition) is 3. The Hall–Kier alpha value is -2.10. The summed E-state index contributed by atoms with van der Waals surface area (Å²) in [4.78, 5) is 18.8. The number of aromatic nitrogens is 2. The van der Waals surface area contributed by atoms with Gasteiger partial charge in [-0.25, -0.2) is 4.98 Å². The molecule has 0 saturated heterocycles. The van der Waals surface area contributed by atoms with Crippen LogP contribution in [0.15, 0.2) is 29.1 Å². The molecule has 0 unspecified atom stereocenters. The predicted molar refractivity (Wildman–Crippen MR) is 66.1 cm³/mol. The summed E-state index contributed by atoms with van der Waals surface area (Å²) in [5, 5.41) is 9.40. The minimum atomic E-state index is -0.129. The van der Waals surface area contributed by atoms with Crippen LogP contribution in [-0.4, -0.2) is 15.1 Å². The monoisotopic (exact) mass is 230 g/mol. The number of aromatic hydroxyl groups is 1. The topological polar surface area (TPSA) is 66.0 Å². The van der Waals surface area contributed by atoms with Gasteiger partial charge in [0.15, 0.2) is 0 Å². The summed E-state index contributed by atoms with van der Waals surface area (Å²) in [6.07, 6.45) is 0.710. The third kappa shape index (κ3) is 2.20. The number of H-pyrrole nitrogens is 1. The van der Waals surface area contributed by atoms with Crippen LogP contribution < -0.4 is 5.56 Å². The van der Waals surface area contributed by atoms with Gasteiger partial charge in [0.25, 0.3) is 5.56 Å². The lowest BCUT2D eigenvalue weighted by atomic mass is 10.1. The van der Waals surface area contributed by atoms with Crippen LogP contribution in [0.4, 0.5) is 0 Å². The van der Waals surface area contributed by atoms with Gasteiger partial charge in [-0.1, -0.05) is 19.1 Å². The Morgan fingerprint density at radius 3 is 2.82 bits per heavy atom. The minimum Gasteiger partial charge on any atom is -0.508 e. The average Bonchev–Trinajstić information content (AvgIpc) is 2.32. The lowest BCUT2D eigenvalue weighted by molar-refractivity contribution is 0.475. The second kappa shape index (κ2) is 4.41. The van der Waals surface area contributed by atoms with Crippen molar-refractivity contribution in [1.29, 1.82) is 0 Å². The number of phenolic OH excluding ortho intramolecular Hbond substituents is 1. The van der Waals surface area contributed by atoms with Crippen molar-refractivity contribution in [3.63, 3.8) is 0 Å². The van der Waals surface area contributed by atoms with Gasteiger partial charge in [0.1, 0.15) is 11.6 Å². The van der Waals surface area contributed by atoms with E-state index in [1.807, 2.05) is 6.92 Å². The molecule has 17 heavy (non-hydrogen) atoms. The van der Waals surface area contributed by atoms with Crippen LogP contribution in [0.25, 0.3) is 11.4 Å². The summed E-state index contributed by atoms with van der Waals surface area (Å²) in [5.41, 5.74) is 2.01. The Morgan fingerprint density at radius 2 is 2.18 bits per heavy atom. The molecule has 0 spiro atoms.